The summed E-state index contributed by atoms with van der Waals surface area (Å²) in [6.45, 7) is 0. The molecule has 0 bridgehead atoms. The number of rotatable bonds is 3. The van der Waals surface area contributed by atoms with Crippen molar-refractivity contribution in [2.24, 2.45) is 0 Å². The minimum Gasteiger partial charge on any atom is -0.326 e. The second-order valence-electron chi connectivity index (χ2n) is 5.40. The fourth-order valence-electron chi connectivity index (χ4n) is 2.61. The largest absolute Gasteiger partial charge is 0.326 e. The van der Waals surface area contributed by atoms with Gasteiger partial charge in [-0.25, -0.2) is 14.9 Å². The number of nitrogens with zero attached hydrogens (tertiary/aromatic N) is 3. The molecule has 2 aromatic heterocycles. The van der Waals surface area contributed by atoms with Gasteiger partial charge in [-0.15, -0.1) is 0 Å². The zero-order valence-corrected chi connectivity index (χ0v) is 14.2. The molecule has 1 amide bonds. The Hall–Kier alpha value is -2.61. The Balaban J connectivity index is 1.59. The predicted octanol–water partition coefficient (Wildman–Crippen LogP) is 2.46. The first-order valence-corrected chi connectivity index (χ1v) is 8.15. The number of amides is 1. The summed E-state index contributed by atoms with van der Waals surface area (Å²) in [5.74, 6) is -0.296. The van der Waals surface area contributed by atoms with Crippen LogP contribution in [0.1, 0.15) is 22.0 Å². The van der Waals surface area contributed by atoms with E-state index in [0.29, 0.717) is 27.0 Å². The second-order valence-corrected chi connectivity index (χ2v) is 6.21. The smallest absolute Gasteiger partial charge is 0.261 e. The van der Waals surface area contributed by atoms with Gasteiger partial charge in [0.1, 0.15) is 5.56 Å². The highest BCUT2D eigenvalue weighted by Gasteiger charge is 2.24. The summed E-state index contributed by atoms with van der Waals surface area (Å²) in [5, 5.41) is 7.93. The number of hydrogen-bond donors (Lipinski definition) is 3. The third-order valence-electron chi connectivity index (χ3n) is 3.83. The minimum absolute atomic E-state index is 0.270. The summed E-state index contributed by atoms with van der Waals surface area (Å²) < 4.78 is 1.55. The van der Waals surface area contributed by atoms with Crippen LogP contribution < -0.4 is 16.2 Å². The first kappa shape index (κ1) is 15.9. The minimum atomic E-state index is -0.296. The molecule has 4 rings (SSSR count). The quantitative estimate of drug-likeness (QED) is 0.655. The topological polar surface area (TPSA) is 83.4 Å². The van der Waals surface area contributed by atoms with Crippen molar-refractivity contribution >= 4 is 34.8 Å². The number of benzene rings is 1. The third kappa shape index (κ3) is 2.93. The molecule has 1 aromatic carbocycles. The number of carbonyl (C=O) groups is 1. The highest BCUT2D eigenvalue weighted by molar-refractivity contribution is 6.42. The van der Waals surface area contributed by atoms with Gasteiger partial charge in [0.15, 0.2) is 5.65 Å². The van der Waals surface area contributed by atoms with Crippen LogP contribution in [0, 0.1) is 0 Å². The molecule has 126 valence electrons. The maximum atomic E-state index is 12.6. The average Bonchev–Trinajstić information content (AvgIpc) is 3.24. The number of carbonyl (C=O) groups excluding carboxylic acids is 1. The van der Waals surface area contributed by atoms with Crippen molar-refractivity contribution in [3.63, 3.8) is 0 Å². The van der Waals surface area contributed by atoms with Crippen LogP contribution in [-0.2, 0) is 0 Å². The number of aromatic nitrogens is 3. The zero-order valence-electron chi connectivity index (χ0n) is 12.7. The lowest BCUT2D eigenvalue weighted by Crippen LogP contribution is -2.30. The second kappa shape index (κ2) is 6.36. The lowest BCUT2D eigenvalue weighted by atomic mass is 10.1. The van der Waals surface area contributed by atoms with Gasteiger partial charge >= 0.3 is 0 Å². The highest BCUT2D eigenvalue weighted by Crippen LogP contribution is 2.29. The van der Waals surface area contributed by atoms with Crippen LogP contribution in [0.2, 0.25) is 10.0 Å². The van der Waals surface area contributed by atoms with Crippen molar-refractivity contribution < 1.29 is 4.79 Å². The highest BCUT2D eigenvalue weighted by atomic mass is 35.5. The van der Waals surface area contributed by atoms with E-state index in [1.54, 1.807) is 41.3 Å². The van der Waals surface area contributed by atoms with Crippen molar-refractivity contribution in [3.05, 3.63) is 75.9 Å². The fraction of sp³-hybridized carbons (Fsp3) is 0.0625. The first-order chi connectivity index (χ1) is 12.1. The van der Waals surface area contributed by atoms with E-state index in [9.17, 15) is 4.79 Å². The van der Waals surface area contributed by atoms with E-state index >= 15 is 0 Å². The number of nitrogens with one attached hydrogen (secondary N) is 3. The standard InChI is InChI=1S/C16H12Cl2N6O/c17-11-3-2-9(6-12(11)18)14-13(8-20-23-14)22-16(25)10-7-21-24-5-1-4-19-15(10)24/h1-8,14,20,23H,(H,22,25). The Morgan fingerprint density at radius 1 is 1.28 bits per heavy atom. The van der Waals surface area contributed by atoms with Crippen LogP contribution >= 0.6 is 23.2 Å². The molecule has 1 atom stereocenters. The first-order valence-electron chi connectivity index (χ1n) is 7.39. The normalized spacial score (nSPS) is 16.6. The van der Waals surface area contributed by atoms with E-state index in [0.717, 1.165) is 5.56 Å². The van der Waals surface area contributed by atoms with Gasteiger partial charge in [0.05, 0.1) is 28.0 Å². The molecule has 3 N–H and O–H groups in total. The lowest BCUT2D eigenvalue weighted by molar-refractivity contribution is 0.0965. The molecule has 1 aliphatic heterocycles. The van der Waals surface area contributed by atoms with Gasteiger partial charge < -0.3 is 10.7 Å². The maximum absolute atomic E-state index is 12.6. The molecule has 7 nitrogen and oxygen atoms in total. The number of halogens is 2. The zero-order chi connectivity index (χ0) is 17.4. The van der Waals surface area contributed by atoms with Crippen molar-refractivity contribution in [1.29, 1.82) is 0 Å². The van der Waals surface area contributed by atoms with Crippen LogP contribution in [0.3, 0.4) is 0 Å². The van der Waals surface area contributed by atoms with E-state index in [-0.39, 0.29) is 11.9 Å². The number of hydrazine groups is 1. The molecule has 0 spiro atoms. The van der Waals surface area contributed by atoms with E-state index in [1.807, 2.05) is 6.07 Å². The molecule has 3 heterocycles. The Morgan fingerprint density at radius 2 is 2.16 bits per heavy atom. The average molecular weight is 375 g/mol. The SMILES string of the molecule is O=C(NC1=CNNC1c1ccc(Cl)c(Cl)c1)c1cnn2cccnc12. The molecular formula is C16H12Cl2N6O. The van der Waals surface area contributed by atoms with Crippen LogP contribution in [0.5, 0.6) is 0 Å². The molecule has 0 fully saturated rings. The molecule has 0 radical (unpaired) electrons. The monoisotopic (exact) mass is 374 g/mol. The molecule has 25 heavy (non-hydrogen) atoms. The van der Waals surface area contributed by atoms with Gasteiger partial charge in [-0.2, -0.15) is 5.10 Å². The Bertz CT molecular complexity index is 999. The summed E-state index contributed by atoms with van der Waals surface area (Å²) in [6, 6.07) is 6.79. The Labute approximate surface area is 152 Å². The Morgan fingerprint density at radius 3 is 3.00 bits per heavy atom. The van der Waals surface area contributed by atoms with Gasteiger partial charge in [-0.1, -0.05) is 29.3 Å². The van der Waals surface area contributed by atoms with Gasteiger partial charge in [0.25, 0.3) is 5.91 Å². The van der Waals surface area contributed by atoms with Gasteiger partial charge in [-0.3, -0.25) is 4.79 Å². The van der Waals surface area contributed by atoms with E-state index in [1.165, 1.54) is 6.20 Å². The van der Waals surface area contributed by atoms with Crippen molar-refractivity contribution in [3.8, 4) is 0 Å². The summed E-state index contributed by atoms with van der Waals surface area (Å²) in [7, 11) is 0. The summed E-state index contributed by atoms with van der Waals surface area (Å²) in [4.78, 5) is 16.8. The fourth-order valence-corrected chi connectivity index (χ4v) is 2.92. The van der Waals surface area contributed by atoms with Crippen LogP contribution in [0.15, 0.2) is 54.8 Å². The van der Waals surface area contributed by atoms with Crippen LogP contribution in [-0.4, -0.2) is 20.5 Å². The lowest BCUT2D eigenvalue weighted by Gasteiger charge is -2.16. The van der Waals surface area contributed by atoms with Crippen molar-refractivity contribution in [2.45, 2.75) is 6.04 Å². The predicted molar refractivity (Wildman–Crippen MR) is 94.0 cm³/mol. The van der Waals surface area contributed by atoms with E-state index in [4.69, 9.17) is 23.2 Å². The maximum Gasteiger partial charge on any atom is 0.261 e. The third-order valence-corrected chi connectivity index (χ3v) is 4.56. The molecule has 1 unspecified atom stereocenters. The van der Waals surface area contributed by atoms with Crippen LogP contribution in [0.25, 0.3) is 5.65 Å². The summed E-state index contributed by atoms with van der Waals surface area (Å²) >= 11 is 12.0. The van der Waals surface area contributed by atoms with Crippen LogP contribution in [0.4, 0.5) is 0 Å². The summed E-state index contributed by atoms with van der Waals surface area (Å²) in [5.41, 5.74) is 8.36. The van der Waals surface area contributed by atoms with E-state index in [2.05, 4.69) is 26.3 Å². The molecule has 1 aliphatic rings. The van der Waals surface area contributed by atoms with Gasteiger partial charge in [0, 0.05) is 18.6 Å². The Kier molecular flexibility index (Phi) is 4.04. The van der Waals surface area contributed by atoms with Gasteiger partial charge in [-0.05, 0) is 23.8 Å². The summed E-state index contributed by atoms with van der Waals surface area (Å²) in [6.07, 6.45) is 6.52. The molecule has 0 saturated heterocycles. The number of hydrogen-bond acceptors (Lipinski definition) is 5. The van der Waals surface area contributed by atoms with E-state index < -0.39 is 0 Å². The molecule has 3 aromatic rings. The van der Waals surface area contributed by atoms with Crippen molar-refractivity contribution in [2.75, 3.05) is 0 Å². The van der Waals surface area contributed by atoms with Gasteiger partial charge in [0.2, 0.25) is 0 Å². The van der Waals surface area contributed by atoms with Crippen molar-refractivity contribution in [1.82, 2.24) is 30.8 Å². The molecular weight excluding hydrogens is 363 g/mol. The molecule has 9 heteroatoms. The molecule has 0 aliphatic carbocycles. The number of fused-ring (bicyclic) bond motifs is 1. The molecule has 0 saturated carbocycles.